The lowest BCUT2D eigenvalue weighted by Gasteiger charge is -2.39. The first kappa shape index (κ1) is 30.0. The molecule has 4 nitrogen and oxygen atoms in total. The van der Waals surface area contributed by atoms with Crippen LogP contribution in [-0.4, -0.2) is 54.2 Å². The zero-order valence-corrected chi connectivity index (χ0v) is 21.8. The van der Waals surface area contributed by atoms with Gasteiger partial charge in [0.05, 0.1) is 36.5 Å². The van der Waals surface area contributed by atoms with Gasteiger partial charge in [-0.3, -0.25) is 4.90 Å². The molecule has 0 aromatic heterocycles. The van der Waals surface area contributed by atoms with Crippen molar-refractivity contribution in [2.24, 2.45) is 0 Å². The number of alkyl halides is 6. The number of piperazine rings is 1. The van der Waals surface area contributed by atoms with Crippen LogP contribution in [0.5, 0.6) is 0 Å². The minimum atomic E-state index is -4.90. The number of aliphatic hydroxyl groups is 1. The summed E-state index contributed by atoms with van der Waals surface area (Å²) in [7, 11) is 0. The summed E-state index contributed by atoms with van der Waals surface area (Å²) in [6.45, 7) is 3.37. The van der Waals surface area contributed by atoms with Crippen LogP contribution in [0.2, 0.25) is 0 Å². The molecule has 0 saturated carbocycles. The highest BCUT2D eigenvalue weighted by atomic mass is 19.4. The Bertz CT molecular complexity index is 1160. The summed E-state index contributed by atoms with van der Waals surface area (Å²) in [5.41, 5.74) is -1.06. The fourth-order valence-corrected chi connectivity index (χ4v) is 4.92. The highest BCUT2D eigenvalue weighted by Crippen LogP contribution is 2.36. The third kappa shape index (κ3) is 8.30. The Morgan fingerprint density at radius 2 is 1.25 bits per heavy atom. The zero-order chi connectivity index (χ0) is 28.8. The molecule has 0 spiro atoms. The molecular formula is C30H32F6N2O2. The molecule has 2 atom stereocenters. The summed E-state index contributed by atoms with van der Waals surface area (Å²) in [5, 5.41) is 10.5. The second-order valence-electron chi connectivity index (χ2n) is 9.95. The Morgan fingerprint density at radius 1 is 0.725 bits per heavy atom. The van der Waals surface area contributed by atoms with Crippen LogP contribution in [0, 0.1) is 0 Å². The van der Waals surface area contributed by atoms with E-state index in [4.69, 9.17) is 4.74 Å². The lowest BCUT2D eigenvalue weighted by molar-refractivity contribution is -0.143. The van der Waals surface area contributed by atoms with E-state index in [0.29, 0.717) is 31.6 Å². The summed E-state index contributed by atoms with van der Waals surface area (Å²) in [5.74, 6) is 0. The molecule has 0 bridgehead atoms. The molecule has 0 radical (unpaired) electrons. The number of ether oxygens (including phenoxy) is 1. The smallest absolute Gasteiger partial charge is 0.388 e. The maximum Gasteiger partial charge on any atom is 0.416 e. The molecule has 1 aliphatic rings. The molecule has 3 aromatic rings. The van der Waals surface area contributed by atoms with Crippen LogP contribution in [-0.2, 0) is 23.7 Å². The Balaban J connectivity index is 1.37. The molecule has 0 aliphatic carbocycles. The zero-order valence-electron chi connectivity index (χ0n) is 21.8. The largest absolute Gasteiger partial charge is 0.416 e. The van der Waals surface area contributed by atoms with Crippen molar-refractivity contribution in [3.05, 3.63) is 107 Å². The van der Waals surface area contributed by atoms with Crippen LogP contribution < -0.4 is 0 Å². The summed E-state index contributed by atoms with van der Waals surface area (Å²) in [6.07, 6.45) is -9.75. The molecule has 2 unspecified atom stereocenters. The SMILES string of the molecule is OC(CCN1CCN(C(COCc2cc(C(F)(F)F)cc(C(F)(F)F)c2)c2ccccc2)CC1)c1ccccc1. The lowest BCUT2D eigenvalue weighted by atomic mass is 10.0. The van der Waals surface area contributed by atoms with Crippen LogP contribution in [0.1, 0.15) is 46.4 Å². The number of hydrogen-bond donors (Lipinski definition) is 1. The minimum Gasteiger partial charge on any atom is -0.388 e. The van der Waals surface area contributed by atoms with Gasteiger partial charge in [0.15, 0.2) is 0 Å². The molecule has 1 fully saturated rings. The number of rotatable bonds is 10. The van der Waals surface area contributed by atoms with Crippen molar-refractivity contribution in [3.63, 3.8) is 0 Å². The van der Waals surface area contributed by atoms with Gasteiger partial charge < -0.3 is 14.7 Å². The molecule has 3 aromatic carbocycles. The van der Waals surface area contributed by atoms with Crippen LogP contribution in [0.3, 0.4) is 0 Å². The molecule has 1 aliphatic heterocycles. The maximum absolute atomic E-state index is 13.2. The molecule has 0 amide bonds. The predicted octanol–water partition coefficient (Wildman–Crippen LogP) is 6.72. The van der Waals surface area contributed by atoms with Crippen LogP contribution in [0.4, 0.5) is 26.3 Å². The van der Waals surface area contributed by atoms with E-state index in [9.17, 15) is 31.4 Å². The lowest BCUT2D eigenvalue weighted by Crippen LogP contribution is -2.48. The second-order valence-corrected chi connectivity index (χ2v) is 9.95. The average Bonchev–Trinajstić information content (AvgIpc) is 2.94. The first-order valence-electron chi connectivity index (χ1n) is 13.1. The molecule has 10 heteroatoms. The molecule has 40 heavy (non-hydrogen) atoms. The summed E-state index contributed by atoms with van der Waals surface area (Å²) < 4.78 is 85.2. The summed E-state index contributed by atoms with van der Waals surface area (Å²) in [4.78, 5) is 4.49. The van der Waals surface area contributed by atoms with E-state index < -0.39 is 29.6 Å². The van der Waals surface area contributed by atoms with Gasteiger partial charge in [-0.2, -0.15) is 26.3 Å². The summed E-state index contributed by atoms with van der Waals surface area (Å²) in [6, 6.07) is 20.3. The first-order valence-corrected chi connectivity index (χ1v) is 13.1. The quantitative estimate of drug-likeness (QED) is 0.277. The number of benzene rings is 3. The van der Waals surface area contributed by atoms with E-state index in [-0.39, 0.29) is 30.9 Å². The topological polar surface area (TPSA) is 35.9 Å². The van der Waals surface area contributed by atoms with Gasteiger partial charge in [-0.1, -0.05) is 60.7 Å². The van der Waals surface area contributed by atoms with Gasteiger partial charge in [0.1, 0.15) is 0 Å². The maximum atomic E-state index is 13.2. The predicted molar refractivity (Wildman–Crippen MR) is 139 cm³/mol. The number of aliphatic hydroxyl groups excluding tert-OH is 1. The Morgan fingerprint density at radius 3 is 1.77 bits per heavy atom. The van der Waals surface area contributed by atoms with E-state index in [1.54, 1.807) is 0 Å². The fraction of sp³-hybridized carbons (Fsp3) is 0.400. The number of halogens is 6. The Hall–Kier alpha value is -2.92. The Kier molecular flexibility index (Phi) is 9.89. The first-order chi connectivity index (χ1) is 19.0. The van der Waals surface area contributed by atoms with Gasteiger partial charge in [-0.15, -0.1) is 0 Å². The molecule has 1 heterocycles. The molecular weight excluding hydrogens is 534 g/mol. The van der Waals surface area contributed by atoms with Gasteiger partial charge >= 0.3 is 12.4 Å². The number of nitrogens with zero attached hydrogens (tertiary/aromatic N) is 2. The Labute approximate surface area is 229 Å². The van der Waals surface area contributed by atoms with Crippen molar-refractivity contribution < 1.29 is 36.2 Å². The second kappa shape index (κ2) is 13.2. The normalized spacial score (nSPS) is 17.1. The highest BCUT2D eigenvalue weighted by molar-refractivity contribution is 5.33. The standard InChI is InChI=1S/C30H32F6N2O2/c31-29(32,33)25-17-22(18-26(19-25)30(34,35)36)20-40-21-27(23-7-3-1-4-8-23)38-15-13-37(14-16-38)12-11-28(39)24-9-5-2-6-10-24/h1-10,17-19,27-28,39H,11-16,20-21H2. The third-order valence-corrected chi connectivity index (χ3v) is 7.13. The fourth-order valence-electron chi connectivity index (χ4n) is 4.92. The van der Waals surface area contributed by atoms with E-state index >= 15 is 0 Å². The van der Waals surface area contributed by atoms with Crippen LogP contribution in [0.15, 0.2) is 78.9 Å². The minimum absolute atomic E-state index is 0.105. The van der Waals surface area contributed by atoms with Crippen molar-refractivity contribution in [1.82, 2.24) is 9.80 Å². The molecule has 4 rings (SSSR count). The molecule has 1 saturated heterocycles. The molecule has 216 valence electrons. The van der Waals surface area contributed by atoms with E-state index in [1.807, 2.05) is 60.7 Å². The van der Waals surface area contributed by atoms with Gasteiger partial charge in [-0.05, 0) is 41.3 Å². The number of hydrogen-bond acceptors (Lipinski definition) is 4. The van der Waals surface area contributed by atoms with Crippen molar-refractivity contribution in [2.45, 2.75) is 37.5 Å². The van der Waals surface area contributed by atoms with Gasteiger partial charge in [-0.25, -0.2) is 0 Å². The monoisotopic (exact) mass is 566 g/mol. The third-order valence-electron chi connectivity index (χ3n) is 7.13. The van der Waals surface area contributed by atoms with Crippen molar-refractivity contribution in [1.29, 1.82) is 0 Å². The van der Waals surface area contributed by atoms with Crippen LogP contribution >= 0.6 is 0 Å². The average molecular weight is 567 g/mol. The molecule has 1 N–H and O–H groups in total. The summed E-state index contributed by atoms with van der Waals surface area (Å²) >= 11 is 0. The van der Waals surface area contributed by atoms with E-state index in [2.05, 4.69) is 9.80 Å². The van der Waals surface area contributed by atoms with Gasteiger partial charge in [0.2, 0.25) is 0 Å². The van der Waals surface area contributed by atoms with Gasteiger partial charge in [0, 0.05) is 32.7 Å². The highest BCUT2D eigenvalue weighted by Gasteiger charge is 2.37. The van der Waals surface area contributed by atoms with Crippen molar-refractivity contribution in [2.75, 3.05) is 39.3 Å². The van der Waals surface area contributed by atoms with Crippen molar-refractivity contribution >= 4 is 0 Å². The van der Waals surface area contributed by atoms with Gasteiger partial charge in [0.25, 0.3) is 0 Å². The van der Waals surface area contributed by atoms with Crippen LogP contribution in [0.25, 0.3) is 0 Å². The van der Waals surface area contributed by atoms with E-state index in [1.165, 1.54) is 0 Å². The van der Waals surface area contributed by atoms with Crippen molar-refractivity contribution in [3.8, 4) is 0 Å². The van der Waals surface area contributed by atoms with E-state index in [0.717, 1.165) is 30.8 Å².